The van der Waals surface area contributed by atoms with Gasteiger partial charge in [-0.25, -0.2) is 18.7 Å². The first kappa shape index (κ1) is 27.3. The van der Waals surface area contributed by atoms with Crippen LogP contribution in [0, 0.1) is 0 Å². The monoisotopic (exact) mass is 610 g/mol. The van der Waals surface area contributed by atoms with E-state index < -0.39 is 16.6 Å². The van der Waals surface area contributed by atoms with Crippen LogP contribution in [0.25, 0.3) is 16.9 Å². The van der Waals surface area contributed by atoms with Gasteiger partial charge in [0.05, 0.1) is 21.3 Å². The Bertz CT molecular complexity index is 1490. The molecule has 1 fully saturated rings. The molecule has 2 N–H and O–H groups in total. The van der Waals surface area contributed by atoms with Crippen LogP contribution in [0.2, 0.25) is 0 Å². The highest BCUT2D eigenvalue weighted by Crippen LogP contribution is 2.27. The van der Waals surface area contributed by atoms with E-state index >= 15 is 0 Å². The molecule has 0 bridgehead atoms. The van der Waals surface area contributed by atoms with Gasteiger partial charge in [-0.3, -0.25) is 0 Å². The summed E-state index contributed by atoms with van der Waals surface area (Å²) >= 11 is 3.55. The van der Waals surface area contributed by atoms with Crippen molar-refractivity contribution in [3.05, 3.63) is 82.0 Å². The first-order chi connectivity index (χ1) is 18.7. The number of likely N-dealkylation sites (tertiary alicyclic amines) is 1. The number of allylic oxidation sites excluding steroid dienone is 4. The second kappa shape index (κ2) is 11.4. The Morgan fingerprint density at radius 2 is 2.00 bits per heavy atom. The molecule has 5 rings (SSSR count). The average Bonchev–Trinajstić information content (AvgIpc) is 3.44. The van der Waals surface area contributed by atoms with E-state index in [4.69, 9.17) is 9.72 Å². The van der Waals surface area contributed by atoms with Crippen molar-refractivity contribution in [1.29, 1.82) is 0 Å². The van der Waals surface area contributed by atoms with E-state index in [0.717, 1.165) is 27.2 Å². The molecule has 9 nitrogen and oxygen atoms in total. The third-order valence-electron chi connectivity index (χ3n) is 6.18. The summed E-state index contributed by atoms with van der Waals surface area (Å²) in [5, 5.41) is 7.95. The van der Waals surface area contributed by atoms with Crippen molar-refractivity contribution >= 4 is 44.5 Å². The van der Waals surface area contributed by atoms with E-state index in [2.05, 4.69) is 31.1 Å². The number of rotatable bonds is 6. The van der Waals surface area contributed by atoms with Crippen molar-refractivity contribution in [3.8, 4) is 11.3 Å². The van der Waals surface area contributed by atoms with E-state index in [1.165, 1.54) is 0 Å². The minimum absolute atomic E-state index is 0.0720. The average molecular weight is 612 g/mol. The minimum atomic E-state index is -1.42. The van der Waals surface area contributed by atoms with Crippen molar-refractivity contribution in [2.45, 2.75) is 45.3 Å². The number of fused-ring (bicyclic) bond motifs is 1. The van der Waals surface area contributed by atoms with E-state index in [9.17, 15) is 9.00 Å². The number of halogens is 1. The highest BCUT2D eigenvalue weighted by molar-refractivity contribution is 9.10. The van der Waals surface area contributed by atoms with Gasteiger partial charge in [0, 0.05) is 42.9 Å². The molecule has 2 unspecified atom stereocenters. The molecule has 1 saturated heterocycles. The number of hydrogen-bond donors (Lipinski definition) is 2. The molecule has 39 heavy (non-hydrogen) atoms. The van der Waals surface area contributed by atoms with Crippen LogP contribution in [0.5, 0.6) is 0 Å². The first-order valence-electron chi connectivity index (χ1n) is 12.8. The van der Waals surface area contributed by atoms with Gasteiger partial charge in [0.2, 0.25) is 0 Å². The fraction of sp³-hybridized carbons (Fsp3) is 0.321. The number of ether oxygens (including phenoxy) is 1. The molecule has 0 saturated carbocycles. The summed E-state index contributed by atoms with van der Waals surface area (Å²) in [6.45, 7) is 6.57. The second-order valence-corrected chi connectivity index (χ2v) is 12.5. The van der Waals surface area contributed by atoms with E-state index in [0.29, 0.717) is 36.5 Å². The molecule has 2 atom stereocenters. The maximum absolute atomic E-state index is 13.1. The van der Waals surface area contributed by atoms with Crippen LogP contribution < -0.4 is 10.0 Å². The third-order valence-corrected chi connectivity index (χ3v) is 7.99. The summed E-state index contributed by atoms with van der Waals surface area (Å²) < 4.78 is 24.3. The molecule has 2 aliphatic rings. The predicted molar refractivity (Wildman–Crippen MR) is 157 cm³/mol. The summed E-state index contributed by atoms with van der Waals surface area (Å²) in [4.78, 5) is 19.5. The lowest BCUT2D eigenvalue weighted by Crippen LogP contribution is -2.38. The van der Waals surface area contributed by atoms with E-state index in [1.54, 1.807) is 15.6 Å². The molecule has 1 aliphatic carbocycles. The molecule has 204 valence electrons. The second-order valence-electron chi connectivity index (χ2n) is 10.4. The van der Waals surface area contributed by atoms with Crippen molar-refractivity contribution in [2.75, 3.05) is 18.4 Å². The molecular formula is C28H31BrN6O3S. The van der Waals surface area contributed by atoms with Crippen LogP contribution in [-0.2, 0) is 15.7 Å². The maximum atomic E-state index is 13.1. The number of benzene rings is 1. The van der Waals surface area contributed by atoms with Crippen LogP contribution >= 0.6 is 15.9 Å². The van der Waals surface area contributed by atoms with E-state index in [1.807, 2.05) is 81.5 Å². The fourth-order valence-electron chi connectivity index (χ4n) is 4.34. The zero-order chi connectivity index (χ0) is 27.6. The van der Waals surface area contributed by atoms with Crippen LogP contribution in [0.3, 0.4) is 0 Å². The Hall–Kier alpha value is -3.28. The van der Waals surface area contributed by atoms with Crippen molar-refractivity contribution < 1.29 is 13.7 Å². The third kappa shape index (κ3) is 6.66. The van der Waals surface area contributed by atoms with Gasteiger partial charge in [-0.2, -0.15) is 9.61 Å². The van der Waals surface area contributed by atoms with Crippen LogP contribution in [0.4, 0.5) is 10.6 Å². The number of hydrogen-bond acceptors (Lipinski definition) is 6. The lowest BCUT2D eigenvalue weighted by Gasteiger charge is -2.24. The molecule has 0 radical (unpaired) electrons. The Morgan fingerprint density at radius 3 is 2.77 bits per heavy atom. The normalized spacial score (nSPS) is 18.5. The SMILES string of the molecule is CC(C)(C)OC(=O)N1CCC(NS(=O)C2=CC=C(Nc3cc(-c4ccccc4)nc4c(Br)cnn34)CC=C2)C1. The number of carbonyl (C=O) groups is 1. The van der Waals surface area contributed by atoms with E-state index in [-0.39, 0.29) is 12.1 Å². The summed E-state index contributed by atoms with van der Waals surface area (Å²) in [7, 11) is -1.42. The van der Waals surface area contributed by atoms with Gasteiger partial charge in [-0.05, 0) is 61.4 Å². The molecule has 1 aromatic carbocycles. The Balaban J connectivity index is 1.29. The largest absolute Gasteiger partial charge is 0.444 e. The van der Waals surface area contributed by atoms with Crippen molar-refractivity contribution in [1.82, 2.24) is 24.2 Å². The van der Waals surface area contributed by atoms with Gasteiger partial charge >= 0.3 is 6.09 Å². The van der Waals surface area contributed by atoms with Gasteiger partial charge in [0.1, 0.15) is 22.4 Å². The summed E-state index contributed by atoms with van der Waals surface area (Å²) in [5.41, 5.74) is 2.93. The number of nitrogens with zero attached hydrogens (tertiary/aromatic N) is 4. The molecule has 1 amide bonds. The van der Waals surface area contributed by atoms with Gasteiger partial charge in [-0.1, -0.05) is 36.4 Å². The first-order valence-corrected chi connectivity index (χ1v) is 14.7. The number of amides is 1. The maximum Gasteiger partial charge on any atom is 0.410 e. The molecule has 3 aromatic rings. The molecule has 11 heteroatoms. The van der Waals surface area contributed by atoms with Crippen LogP contribution in [0.15, 0.2) is 82.0 Å². The van der Waals surface area contributed by atoms with Crippen molar-refractivity contribution in [3.63, 3.8) is 0 Å². The van der Waals surface area contributed by atoms with Gasteiger partial charge < -0.3 is 15.0 Å². The molecular weight excluding hydrogens is 580 g/mol. The zero-order valence-electron chi connectivity index (χ0n) is 22.1. The minimum Gasteiger partial charge on any atom is -0.444 e. The summed E-state index contributed by atoms with van der Waals surface area (Å²) in [5.74, 6) is 0.772. The summed E-state index contributed by atoms with van der Waals surface area (Å²) in [6.07, 6.45) is 10.4. The Kier molecular flexibility index (Phi) is 8.01. The number of aromatic nitrogens is 3. The molecule has 3 heterocycles. The standard InChI is InChI=1S/C28H31BrN6O3S/c1-28(2,3)38-27(36)34-15-14-21(18-34)33-39(37)22-11-7-10-20(12-13-22)31-25-16-24(19-8-5-4-6-9-19)32-26-23(29)17-30-35(25)26/h4-9,11-13,16-17,21,31,33H,10,14-15,18H2,1-3H3. The number of nitrogens with one attached hydrogen (secondary N) is 2. The lowest BCUT2D eigenvalue weighted by molar-refractivity contribution is 0.0292. The molecule has 0 spiro atoms. The Morgan fingerprint density at radius 1 is 1.21 bits per heavy atom. The Labute approximate surface area is 238 Å². The van der Waals surface area contributed by atoms with Crippen LogP contribution in [-0.4, -0.2) is 54.5 Å². The molecule has 1 aliphatic heterocycles. The quantitative estimate of drug-likeness (QED) is 0.379. The van der Waals surface area contributed by atoms with Gasteiger partial charge in [0.25, 0.3) is 0 Å². The van der Waals surface area contributed by atoms with Gasteiger partial charge in [0.15, 0.2) is 5.65 Å². The topological polar surface area (TPSA) is 101 Å². The smallest absolute Gasteiger partial charge is 0.410 e. The van der Waals surface area contributed by atoms with Crippen LogP contribution in [0.1, 0.15) is 33.6 Å². The highest BCUT2D eigenvalue weighted by atomic mass is 79.9. The van der Waals surface area contributed by atoms with Crippen molar-refractivity contribution in [2.24, 2.45) is 0 Å². The zero-order valence-corrected chi connectivity index (χ0v) is 24.5. The summed E-state index contributed by atoms with van der Waals surface area (Å²) in [6, 6.07) is 11.9. The van der Waals surface area contributed by atoms with Gasteiger partial charge in [-0.15, -0.1) is 0 Å². The fourth-order valence-corrected chi connectivity index (χ4v) is 5.73. The number of anilines is 1. The lowest BCUT2D eigenvalue weighted by atomic mass is 10.1. The molecule has 2 aromatic heterocycles. The number of carbonyl (C=O) groups excluding carboxylic acids is 1. The predicted octanol–water partition coefficient (Wildman–Crippen LogP) is 5.56. The highest BCUT2D eigenvalue weighted by Gasteiger charge is 2.30.